The topological polar surface area (TPSA) is 17.1 Å². The van der Waals surface area contributed by atoms with Crippen molar-refractivity contribution in [2.45, 2.75) is 40.0 Å². The van der Waals surface area contributed by atoms with Gasteiger partial charge in [0.25, 0.3) is 0 Å². The fraction of sp³-hybridized carbons (Fsp3) is 0.750. The molecule has 0 saturated heterocycles. The van der Waals surface area contributed by atoms with Crippen molar-refractivity contribution in [3.05, 3.63) is 11.6 Å². The quantitative estimate of drug-likeness (QED) is 0.564. The molecule has 2 aliphatic rings. The summed E-state index contributed by atoms with van der Waals surface area (Å²) in [6.07, 6.45) is 5.78. The summed E-state index contributed by atoms with van der Waals surface area (Å²) in [5, 5.41) is 0. The summed E-state index contributed by atoms with van der Waals surface area (Å²) in [5.41, 5.74) is 1.24. The molecule has 2 rings (SSSR count). The van der Waals surface area contributed by atoms with Gasteiger partial charge >= 0.3 is 0 Å². The Morgan fingerprint density at radius 3 is 2.54 bits per heavy atom. The number of fused-ring (bicyclic) bond motifs is 1. The van der Waals surface area contributed by atoms with Crippen LogP contribution >= 0.6 is 0 Å². The highest BCUT2D eigenvalue weighted by atomic mass is 16.1. The molecule has 0 bridgehead atoms. The van der Waals surface area contributed by atoms with Gasteiger partial charge in [-0.1, -0.05) is 26.3 Å². The van der Waals surface area contributed by atoms with Crippen LogP contribution in [0.15, 0.2) is 11.6 Å². The minimum atomic E-state index is -0.194. The molecule has 0 amide bonds. The Balaban J connectivity index is 2.07. The van der Waals surface area contributed by atoms with Crippen molar-refractivity contribution in [3.8, 4) is 0 Å². The number of carbonyl (C=O) groups is 1. The van der Waals surface area contributed by atoms with Crippen LogP contribution in [0.5, 0.6) is 0 Å². The minimum absolute atomic E-state index is 0.194. The number of carbonyl (C=O) groups excluding carboxylic acids is 1. The number of hydrogen-bond donors (Lipinski definition) is 0. The largest absolute Gasteiger partial charge is 0.294 e. The first-order valence-electron chi connectivity index (χ1n) is 5.23. The molecule has 0 aliphatic heterocycles. The van der Waals surface area contributed by atoms with Crippen LogP contribution in [0.4, 0.5) is 0 Å². The van der Waals surface area contributed by atoms with Crippen molar-refractivity contribution in [2.75, 3.05) is 0 Å². The summed E-state index contributed by atoms with van der Waals surface area (Å²) in [7, 11) is 0. The molecule has 0 spiro atoms. The van der Waals surface area contributed by atoms with Gasteiger partial charge in [-0.15, -0.1) is 0 Å². The van der Waals surface area contributed by atoms with E-state index in [1.807, 2.05) is 26.8 Å². The minimum Gasteiger partial charge on any atom is -0.294 e. The van der Waals surface area contributed by atoms with Crippen LogP contribution in [0.1, 0.15) is 40.0 Å². The second-order valence-electron chi connectivity index (χ2n) is 5.47. The zero-order valence-corrected chi connectivity index (χ0v) is 8.76. The SMILES string of the molecule is CC(C)(C)C(=O)/C=C1/CCC2CC12. The molecule has 2 saturated carbocycles. The Morgan fingerprint density at radius 1 is 1.46 bits per heavy atom. The Bertz CT molecular complexity index is 267. The van der Waals surface area contributed by atoms with E-state index in [9.17, 15) is 4.79 Å². The monoisotopic (exact) mass is 178 g/mol. The molecule has 1 heteroatoms. The summed E-state index contributed by atoms with van der Waals surface area (Å²) >= 11 is 0. The van der Waals surface area contributed by atoms with Crippen LogP contribution in [0.25, 0.3) is 0 Å². The lowest BCUT2D eigenvalue weighted by Gasteiger charge is -2.14. The van der Waals surface area contributed by atoms with Gasteiger partial charge in [-0.3, -0.25) is 4.79 Å². The average Bonchev–Trinajstić information content (AvgIpc) is 2.68. The van der Waals surface area contributed by atoms with Crippen LogP contribution in [0.3, 0.4) is 0 Å². The predicted molar refractivity (Wildman–Crippen MR) is 53.4 cm³/mol. The average molecular weight is 178 g/mol. The second kappa shape index (κ2) is 2.70. The maximum absolute atomic E-state index is 11.7. The molecule has 1 nitrogen and oxygen atoms in total. The van der Waals surface area contributed by atoms with Gasteiger partial charge in [0.1, 0.15) is 0 Å². The van der Waals surface area contributed by atoms with Crippen molar-refractivity contribution in [1.29, 1.82) is 0 Å². The maximum Gasteiger partial charge on any atom is 0.160 e. The lowest BCUT2D eigenvalue weighted by atomic mass is 9.89. The van der Waals surface area contributed by atoms with Crippen LogP contribution in [-0.4, -0.2) is 5.78 Å². The fourth-order valence-corrected chi connectivity index (χ4v) is 2.12. The molecular weight excluding hydrogens is 160 g/mol. The van der Waals surface area contributed by atoms with E-state index < -0.39 is 0 Å². The highest BCUT2D eigenvalue weighted by Crippen LogP contribution is 2.55. The van der Waals surface area contributed by atoms with E-state index in [0.29, 0.717) is 5.78 Å². The molecule has 2 fully saturated rings. The van der Waals surface area contributed by atoms with Gasteiger partial charge in [-0.05, 0) is 37.2 Å². The molecule has 2 unspecified atom stereocenters. The molecule has 0 radical (unpaired) electrons. The third kappa shape index (κ3) is 1.70. The van der Waals surface area contributed by atoms with E-state index in [4.69, 9.17) is 0 Å². The molecule has 72 valence electrons. The van der Waals surface area contributed by atoms with E-state index in [1.54, 1.807) is 0 Å². The number of allylic oxidation sites excluding steroid dienone is 2. The standard InChI is InChI=1S/C12H18O/c1-12(2,3)11(13)7-9-5-4-8-6-10(8)9/h7-8,10H,4-6H2,1-3H3/b9-7-. The van der Waals surface area contributed by atoms with Crippen LogP contribution < -0.4 is 0 Å². The molecule has 0 aromatic carbocycles. The molecule has 0 heterocycles. The van der Waals surface area contributed by atoms with E-state index in [0.717, 1.165) is 11.8 Å². The smallest absolute Gasteiger partial charge is 0.160 e. The summed E-state index contributed by atoms with van der Waals surface area (Å²) in [6, 6.07) is 0. The summed E-state index contributed by atoms with van der Waals surface area (Å²) in [5.74, 6) is 2.04. The number of rotatable bonds is 1. The Hall–Kier alpha value is -0.590. The van der Waals surface area contributed by atoms with Crippen molar-refractivity contribution in [2.24, 2.45) is 17.3 Å². The van der Waals surface area contributed by atoms with Gasteiger partial charge in [0.05, 0.1) is 0 Å². The zero-order valence-electron chi connectivity index (χ0n) is 8.76. The van der Waals surface area contributed by atoms with Gasteiger partial charge in [-0.2, -0.15) is 0 Å². The van der Waals surface area contributed by atoms with Crippen molar-refractivity contribution >= 4 is 5.78 Å². The molecule has 13 heavy (non-hydrogen) atoms. The lowest BCUT2D eigenvalue weighted by molar-refractivity contribution is -0.121. The number of ketones is 1. The summed E-state index contributed by atoms with van der Waals surface area (Å²) in [4.78, 5) is 11.7. The fourth-order valence-electron chi connectivity index (χ4n) is 2.12. The van der Waals surface area contributed by atoms with Crippen molar-refractivity contribution < 1.29 is 4.79 Å². The molecule has 0 N–H and O–H groups in total. The Kier molecular flexibility index (Phi) is 1.86. The molecule has 0 aromatic rings. The zero-order chi connectivity index (χ0) is 9.64. The maximum atomic E-state index is 11.7. The van der Waals surface area contributed by atoms with E-state index in [2.05, 4.69) is 0 Å². The van der Waals surface area contributed by atoms with Crippen LogP contribution in [-0.2, 0) is 4.79 Å². The second-order valence-corrected chi connectivity index (χ2v) is 5.47. The van der Waals surface area contributed by atoms with Crippen LogP contribution in [0.2, 0.25) is 0 Å². The summed E-state index contributed by atoms with van der Waals surface area (Å²) < 4.78 is 0. The van der Waals surface area contributed by atoms with Crippen molar-refractivity contribution in [3.63, 3.8) is 0 Å². The molecule has 2 aliphatic carbocycles. The van der Waals surface area contributed by atoms with E-state index in [-0.39, 0.29) is 5.41 Å². The van der Waals surface area contributed by atoms with Gasteiger partial charge in [0, 0.05) is 5.41 Å². The van der Waals surface area contributed by atoms with Crippen molar-refractivity contribution in [1.82, 2.24) is 0 Å². The van der Waals surface area contributed by atoms with E-state index >= 15 is 0 Å². The lowest BCUT2D eigenvalue weighted by Crippen LogP contribution is -2.18. The summed E-state index contributed by atoms with van der Waals surface area (Å²) in [6.45, 7) is 5.98. The first-order chi connectivity index (χ1) is 5.98. The first-order valence-corrected chi connectivity index (χ1v) is 5.23. The third-order valence-electron chi connectivity index (χ3n) is 3.26. The Labute approximate surface area is 80.2 Å². The highest BCUT2D eigenvalue weighted by molar-refractivity contribution is 5.94. The van der Waals surface area contributed by atoms with E-state index in [1.165, 1.54) is 24.8 Å². The van der Waals surface area contributed by atoms with Gasteiger partial charge < -0.3 is 0 Å². The molecule has 2 atom stereocenters. The van der Waals surface area contributed by atoms with Gasteiger partial charge in [-0.25, -0.2) is 0 Å². The highest BCUT2D eigenvalue weighted by Gasteiger charge is 2.44. The first kappa shape index (κ1) is 8.98. The predicted octanol–water partition coefficient (Wildman–Crippen LogP) is 2.96. The normalized spacial score (nSPS) is 34.8. The molecular formula is C12H18O. The number of hydrogen-bond acceptors (Lipinski definition) is 1. The van der Waals surface area contributed by atoms with Crippen LogP contribution in [0, 0.1) is 17.3 Å². The third-order valence-corrected chi connectivity index (χ3v) is 3.26. The Morgan fingerprint density at radius 2 is 2.15 bits per heavy atom. The van der Waals surface area contributed by atoms with Gasteiger partial charge in [0.2, 0.25) is 0 Å². The molecule has 0 aromatic heterocycles. The van der Waals surface area contributed by atoms with Gasteiger partial charge in [0.15, 0.2) is 5.78 Å².